The van der Waals surface area contributed by atoms with Gasteiger partial charge in [-0.05, 0) is 51.1 Å². The molecule has 0 amide bonds. The van der Waals surface area contributed by atoms with Gasteiger partial charge in [-0.15, -0.1) is 0 Å². The molecule has 19 heavy (non-hydrogen) atoms. The van der Waals surface area contributed by atoms with Crippen LogP contribution < -0.4 is 0 Å². The number of halogens is 1. The third kappa shape index (κ3) is 2.67. The fourth-order valence-corrected chi connectivity index (χ4v) is 3.28. The van der Waals surface area contributed by atoms with Crippen molar-refractivity contribution >= 4 is 0 Å². The number of benzene rings is 1. The summed E-state index contributed by atoms with van der Waals surface area (Å²) in [6.07, 6.45) is 4.98. The quantitative estimate of drug-likeness (QED) is 0.905. The Morgan fingerprint density at radius 3 is 2.37 bits per heavy atom. The minimum atomic E-state index is -0.554. The van der Waals surface area contributed by atoms with Gasteiger partial charge in [-0.2, -0.15) is 0 Å². The van der Waals surface area contributed by atoms with Gasteiger partial charge in [0, 0.05) is 0 Å². The molecule has 1 atom stereocenters. The summed E-state index contributed by atoms with van der Waals surface area (Å²) in [5.41, 5.74) is 1.22. The number of aliphatic hydroxyl groups excluding tert-OH is 1. The number of nitrogens with zero attached hydrogens (tertiary/aromatic N) is 1. The Kier molecular flexibility index (Phi) is 4.26. The lowest BCUT2D eigenvalue weighted by Crippen LogP contribution is -2.50. The lowest BCUT2D eigenvalue weighted by Gasteiger charge is -2.46. The molecule has 2 rings (SSSR count). The predicted octanol–water partition coefficient (Wildman–Crippen LogP) is 3.43. The van der Waals surface area contributed by atoms with E-state index in [4.69, 9.17) is 0 Å². The zero-order valence-corrected chi connectivity index (χ0v) is 12.1. The molecule has 0 radical (unpaired) electrons. The summed E-state index contributed by atoms with van der Waals surface area (Å²) >= 11 is 0. The van der Waals surface area contributed by atoms with E-state index in [1.54, 1.807) is 19.1 Å². The van der Waals surface area contributed by atoms with Crippen LogP contribution >= 0.6 is 0 Å². The molecule has 1 aliphatic rings. The van der Waals surface area contributed by atoms with Crippen LogP contribution in [0.2, 0.25) is 0 Å². The number of rotatable bonds is 3. The number of hydrogen-bond donors (Lipinski definition) is 1. The molecule has 1 aromatic rings. The molecule has 1 N–H and O–H groups in total. The SMILES string of the molecule is Cc1cc(C(O)C2(N(C)C)CCCCC2)ccc1F. The van der Waals surface area contributed by atoms with Gasteiger partial charge in [0.1, 0.15) is 5.82 Å². The highest BCUT2D eigenvalue weighted by molar-refractivity contribution is 5.28. The van der Waals surface area contributed by atoms with Gasteiger partial charge in [0.2, 0.25) is 0 Å². The van der Waals surface area contributed by atoms with E-state index >= 15 is 0 Å². The molecule has 0 saturated heterocycles. The maximum absolute atomic E-state index is 13.4. The van der Waals surface area contributed by atoms with Crippen molar-refractivity contribution in [1.82, 2.24) is 4.90 Å². The molecule has 1 fully saturated rings. The van der Waals surface area contributed by atoms with Crippen LogP contribution in [0.5, 0.6) is 0 Å². The number of likely N-dealkylation sites (N-methyl/N-ethyl adjacent to an activating group) is 1. The predicted molar refractivity (Wildman–Crippen MR) is 75.6 cm³/mol. The van der Waals surface area contributed by atoms with Crippen LogP contribution in [0.15, 0.2) is 18.2 Å². The molecule has 2 nitrogen and oxygen atoms in total. The molecule has 1 aliphatic carbocycles. The second-order valence-corrected chi connectivity index (χ2v) is 5.97. The van der Waals surface area contributed by atoms with Crippen molar-refractivity contribution < 1.29 is 9.50 Å². The molecule has 0 aromatic heterocycles. The van der Waals surface area contributed by atoms with Crippen molar-refractivity contribution in [1.29, 1.82) is 0 Å². The average molecular weight is 265 g/mol. The first-order chi connectivity index (χ1) is 8.97. The monoisotopic (exact) mass is 265 g/mol. The summed E-state index contributed by atoms with van der Waals surface area (Å²) in [7, 11) is 4.07. The van der Waals surface area contributed by atoms with Crippen molar-refractivity contribution in [2.75, 3.05) is 14.1 Å². The Morgan fingerprint density at radius 2 is 1.84 bits per heavy atom. The van der Waals surface area contributed by atoms with Crippen molar-refractivity contribution in [3.63, 3.8) is 0 Å². The number of aliphatic hydroxyl groups is 1. The summed E-state index contributed by atoms with van der Waals surface area (Å²) in [5.74, 6) is -0.210. The third-order valence-electron chi connectivity index (χ3n) is 4.62. The van der Waals surface area contributed by atoms with Gasteiger partial charge in [0.15, 0.2) is 0 Å². The molecule has 106 valence electrons. The van der Waals surface area contributed by atoms with E-state index in [0.717, 1.165) is 31.2 Å². The van der Waals surface area contributed by atoms with Crippen molar-refractivity contribution in [3.05, 3.63) is 35.1 Å². The van der Waals surface area contributed by atoms with E-state index in [2.05, 4.69) is 4.90 Å². The Bertz CT molecular complexity index is 438. The fourth-order valence-electron chi connectivity index (χ4n) is 3.28. The van der Waals surface area contributed by atoms with Gasteiger partial charge in [0.05, 0.1) is 11.6 Å². The number of hydrogen-bond acceptors (Lipinski definition) is 2. The van der Waals surface area contributed by atoms with E-state index in [1.807, 2.05) is 14.1 Å². The van der Waals surface area contributed by atoms with Gasteiger partial charge in [0.25, 0.3) is 0 Å². The zero-order valence-electron chi connectivity index (χ0n) is 12.1. The van der Waals surface area contributed by atoms with Crippen molar-refractivity contribution in [2.24, 2.45) is 0 Å². The highest BCUT2D eigenvalue weighted by Crippen LogP contribution is 2.42. The summed E-state index contributed by atoms with van der Waals surface area (Å²) < 4.78 is 13.4. The van der Waals surface area contributed by atoms with Gasteiger partial charge < -0.3 is 10.0 Å². The van der Waals surface area contributed by atoms with Crippen LogP contribution in [-0.2, 0) is 0 Å². The lowest BCUT2D eigenvalue weighted by molar-refractivity contribution is -0.0336. The van der Waals surface area contributed by atoms with Crippen molar-refractivity contribution in [3.8, 4) is 0 Å². The van der Waals surface area contributed by atoms with Crippen LogP contribution in [0.3, 0.4) is 0 Å². The Balaban J connectivity index is 2.33. The second kappa shape index (κ2) is 5.59. The third-order valence-corrected chi connectivity index (χ3v) is 4.62. The molecule has 1 aromatic carbocycles. The maximum atomic E-state index is 13.4. The summed E-state index contributed by atoms with van der Waals surface area (Å²) in [5, 5.41) is 10.8. The van der Waals surface area contributed by atoms with Gasteiger partial charge in [-0.3, -0.25) is 0 Å². The second-order valence-electron chi connectivity index (χ2n) is 5.97. The standard InChI is InChI=1S/C16H24FNO/c1-12-11-13(7-8-14(12)17)15(19)16(18(2)3)9-5-4-6-10-16/h7-8,11,15,19H,4-6,9-10H2,1-3H3. The highest BCUT2D eigenvalue weighted by Gasteiger charge is 2.41. The van der Waals surface area contributed by atoms with Crippen LogP contribution in [0.25, 0.3) is 0 Å². The van der Waals surface area contributed by atoms with Gasteiger partial charge in [-0.25, -0.2) is 4.39 Å². The molecular formula is C16H24FNO. The van der Waals surface area contributed by atoms with Crippen LogP contribution in [0.1, 0.15) is 49.3 Å². The average Bonchev–Trinajstić information content (AvgIpc) is 2.41. The van der Waals surface area contributed by atoms with Gasteiger partial charge in [-0.1, -0.05) is 31.4 Å². The Morgan fingerprint density at radius 1 is 1.21 bits per heavy atom. The Hall–Kier alpha value is -0.930. The molecule has 1 unspecified atom stereocenters. The molecule has 0 heterocycles. The summed E-state index contributed by atoms with van der Waals surface area (Å²) in [6, 6.07) is 4.95. The van der Waals surface area contributed by atoms with Crippen LogP contribution in [0.4, 0.5) is 4.39 Å². The highest BCUT2D eigenvalue weighted by atomic mass is 19.1. The number of aryl methyl sites for hydroxylation is 1. The summed E-state index contributed by atoms with van der Waals surface area (Å²) in [4.78, 5) is 2.15. The minimum absolute atomic E-state index is 0.206. The molecule has 0 spiro atoms. The smallest absolute Gasteiger partial charge is 0.126 e. The zero-order chi connectivity index (χ0) is 14.0. The summed E-state index contributed by atoms with van der Waals surface area (Å²) in [6.45, 7) is 1.74. The first-order valence-corrected chi connectivity index (χ1v) is 7.09. The van der Waals surface area contributed by atoms with E-state index in [1.165, 1.54) is 12.5 Å². The molecule has 3 heteroatoms. The van der Waals surface area contributed by atoms with E-state index in [9.17, 15) is 9.50 Å². The first kappa shape index (κ1) is 14.5. The van der Waals surface area contributed by atoms with E-state index in [-0.39, 0.29) is 11.4 Å². The van der Waals surface area contributed by atoms with Crippen LogP contribution in [0, 0.1) is 12.7 Å². The van der Waals surface area contributed by atoms with E-state index < -0.39 is 6.10 Å². The maximum Gasteiger partial charge on any atom is 0.126 e. The van der Waals surface area contributed by atoms with Crippen molar-refractivity contribution in [2.45, 2.75) is 50.7 Å². The molecule has 0 bridgehead atoms. The lowest BCUT2D eigenvalue weighted by atomic mass is 9.74. The largest absolute Gasteiger partial charge is 0.386 e. The molecule has 1 saturated carbocycles. The Labute approximate surface area is 115 Å². The first-order valence-electron chi connectivity index (χ1n) is 7.09. The molecular weight excluding hydrogens is 241 g/mol. The minimum Gasteiger partial charge on any atom is -0.386 e. The fraction of sp³-hybridized carbons (Fsp3) is 0.625. The normalized spacial score (nSPS) is 20.5. The molecule has 0 aliphatic heterocycles. The topological polar surface area (TPSA) is 23.5 Å². The van der Waals surface area contributed by atoms with Crippen LogP contribution in [-0.4, -0.2) is 29.6 Å². The van der Waals surface area contributed by atoms with E-state index in [0.29, 0.717) is 5.56 Å². The van der Waals surface area contributed by atoms with Gasteiger partial charge >= 0.3 is 0 Å².